The van der Waals surface area contributed by atoms with Crippen LogP contribution in [-0.2, 0) is 22.5 Å². The molecular weight excluding hydrogens is 486 g/mol. The predicted octanol–water partition coefficient (Wildman–Crippen LogP) is 6.52. The molecule has 0 aromatic heterocycles. The molecule has 7 heteroatoms. The molecule has 0 saturated heterocycles. The summed E-state index contributed by atoms with van der Waals surface area (Å²) in [5.74, 6) is 1.61. The van der Waals surface area contributed by atoms with Gasteiger partial charge in [-0.3, -0.25) is 0 Å². The van der Waals surface area contributed by atoms with Crippen LogP contribution in [0.1, 0.15) is 58.9 Å². The van der Waals surface area contributed by atoms with Gasteiger partial charge in [0.25, 0.3) is 0 Å². The quantitative estimate of drug-likeness (QED) is 0.257. The fourth-order valence-electron chi connectivity index (χ4n) is 5.37. The summed E-state index contributed by atoms with van der Waals surface area (Å²) in [5, 5.41) is 9.30. The standard InChI is InChI=1S/C30H33NO5S/c1-4-34-14-15-35-23-16-19(2)30(20(3)17-23)26-7-5-6-25-24(26)12-13-27(25)36-22-10-8-21(9-11-22)28-18-29(32)31-37(28)33/h5-11,16-17,27-28H,4,12-15,18H2,1-3H3,(H,31,32)/t27-,28?,37?/m1/s1. The van der Waals surface area contributed by atoms with Gasteiger partial charge in [0.1, 0.15) is 35.6 Å². The molecule has 37 heavy (non-hydrogen) atoms. The zero-order valence-electron chi connectivity index (χ0n) is 21.5. The van der Waals surface area contributed by atoms with Crippen LogP contribution in [-0.4, -0.2) is 35.4 Å². The zero-order valence-corrected chi connectivity index (χ0v) is 22.3. The predicted molar refractivity (Wildman–Crippen MR) is 147 cm³/mol. The second kappa shape index (κ2) is 11.2. The monoisotopic (exact) mass is 519 g/mol. The highest BCUT2D eigenvalue weighted by atomic mass is 32.2. The molecule has 1 N–H and O–H groups in total. The molecule has 3 atom stereocenters. The van der Waals surface area contributed by atoms with Crippen LogP contribution in [0.15, 0.2) is 59.0 Å². The first-order chi connectivity index (χ1) is 17.9. The molecule has 6 nitrogen and oxygen atoms in total. The Hall–Kier alpha value is -3.00. The van der Waals surface area contributed by atoms with Gasteiger partial charge in [0, 0.05) is 12.2 Å². The summed E-state index contributed by atoms with van der Waals surface area (Å²) in [7, 11) is 0. The van der Waals surface area contributed by atoms with Crippen LogP contribution in [0.3, 0.4) is 0 Å². The van der Waals surface area contributed by atoms with Gasteiger partial charge in [0.05, 0.1) is 13.0 Å². The molecule has 0 fully saturated rings. The SMILES string of the molecule is CCOCCOc1cc(C)c(-c2cccc3c2CC[C@H]3Oc2ccc(C3CC(O)=N[S+]3[O-])cc2)c(C)c1. The molecule has 3 aromatic rings. The molecule has 1 aliphatic heterocycles. The Balaban J connectivity index is 1.32. The van der Waals surface area contributed by atoms with Crippen molar-refractivity contribution in [3.8, 4) is 22.6 Å². The van der Waals surface area contributed by atoms with Crippen molar-refractivity contribution in [2.45, 2.75) is 51.4 Å². The molecule has 5 rings (SSSR count). The molecule has 0 spiro atoms. The van der Waals surface area contributed by atoms with E-state index in [1.165, 1.54) is 33.4 Å². The van der Waals surface area contributed by atoms with Crippen molar-refractivity contribution in [1.29, 1.82) is 0 Å². The Bertz CT molecular complexity index is 1270. The van der Waals surface area contributed by atoms with Crippen LogP contribution in [0.4, 0.5) is 0 Å². The van der Waals surface area contributed by atoms with Gasteiger partial charge in [-0.05, 0) is 95.7 Å². The maximum absolute atomic E-state index is 12.1. The minimum Gasteiger partial charge on any atom is -0.591 e. The lowest BCUT2D eigenvalue weighted by Gasteiger charge is -2.18. The molecule has 0 bridgehead atoms. The number of aliphatic hydroxyl groups excluding tert-OH is 1. The van der Waals surface area contributed by atoms with E-state index in [0.717, 1.165) is 29.9 Å². The van der Waals surface area contributed by atoms with E-state index in [9.17, 15) is 9.66 Å². The van der Waals surface area contributed by atoms with E-state index in [4.69, 9.17) is 14.2 Å². The van der Waals surface area contributed by atoms with Crippen molar-refractivity contribution in [3.05, 3.63) is 82.4 Å². The Morgan fingerprint density at radius 1 is 1.03 bits per heavy atom. The van der Waals surface area contributed by atoms with Gasteiger partial charge in [-0.15, -0.1) is 0 Å². The summed E-state index contributed by atoms with van der Waals surface area (Å²) in [6.07, 6.45) is 2.16. The number of benzene rings is 3. The molecule has 3 aromatic carbocycles. The molecule has 1 heterocycles. The number of aryl methyl sites for hydroxylation is 2. The lowest BCUT2D eigenvalue weighted by Crippen LogP contribution is -2.07. The Morgan fingerprint density at radius 2 is 1.78 bits per heavy atom. The van der Waals surface area contributed by atoms with Gasteiger partial charge in [-0.25, -0.2) is 0 Å². The first-order valence-corrected chi connectivity index (χ1v) is 14.0. The van der Waals surface area contributed by atoms with E-state index in [1.54, 1.807) is 0 Å². The fraction of sp³-hybridized carbons (Fsp3) is 0.367. The highest BCUT2D eigenvalue weighted by Crippen LogP contribution is 2.43. The van der Waals surface area contributed by atoms with Gasteiger partial charge in [0.2, 0.25) is 5.90 Å². The molecule has 1 aliphatic carbocycles. The van der Waals surface area contributed by atoms with Crippen LogP contribution in [0.2, 0.25) is 0 Å². The van der Waals surface area contributed by atoms with Crippen LogP contribution in [0.5, 0.6) is 11.5 Å². The van der Waals surface area contributed by atoms with Crippen molar-refractivity contribution in [1.82, 2.24) is 0 Å². The van der Waals surface area contributed by atoms with Gasteiger partial charge in [-0.1, -0.05) is 30.3 Å². The number of rotatable bonds is 9. The number of hydrogen-bond acceptors (Lipinski definition) is 5. The van der Waals surface area contributed by atoms with Crippen molar-refractivity contribution in [2.75, 3.05) is 19.8 Å². The topological polar surface area (TPSA) is 83.3 Å². The first kappa shape index (κ1) is 25.6. The lowest BCUT2D eigenvalue weighted by atomic mass is 9.90. The normalized spacial score (nSPS) is 20.5. The minimum atomic E-state index is -1.43. The maximum atomic E-state index is 12.1. The number of nitrogens with zero attached hydrogens (tertiary/aromatic N) is 1. The van der Waals surface area contributed by atoms with Gasteiger partial charge >= 0.3 is 0 Å². The largest absolute Gasteiger partial charge is 0.591 e. The zero-order chi connectivity index (χ0) is 25.9. The fourth-order valence-corrected chi connectivity index (χ4v) is 6.46. The van der Waals surface area contributed by atoms with Crippen LogP contribution >= 0.6 is 0 Å². The van der Waals surface area contributed by atoms with E-state index in [2.05, 4.69) is 48.6 Å². The molecular formula is C30H33NO5S. The molecule has 0 amide bonds. The van der Waals surface area contributed by atoms with Gasteiger partial charge in [0.15, 0.2) is 5.25 Å². The van der Waals surface area contributed by atoms with Gasteiger partial charge in [-0.2, -0.15) is 0 Å². The van der Waals surface area contributed by atoms with Crippen LogP contribution in [0, 0.1) is 13.8 Å². The molecule has 2 unspecified atom stereocenters. The highest BCUT2D eigenvalue weighted by molar-refractivity contribution is 7.90. The van der Waals surface area contributed by atoms with E-state index >= 15 is 0 Å². The summed E-state index contributed by atoms with van der Waals surface area (Å²) in [5.41, 5.74) is 8.37. The molecule has 0 saturated carbocycles. The summed E-state index contributed by atoms with van der Waals surface area (Å²) >= 11 is -1.43. The summed E-state index contributed by atoms with van der Waals surface area (Å²) in [6.45, 7) is 8.09. The third-order valence-corrected chi connectivity index (χ3v) is 8.34. The second-order valence-electron chi connectivity index (χ2n) is 9.54. The lowest BCUT2D eigenvalue weighted by molar-refractivity contribution is 0.110. The number of aliphatic hydroxyl groups is 1. The number of fused-ring (bicyclic) bond motifs is 1. The van der Waals surface area contributed by atoms with E-state index in [0.29, 0.717) is 26.2 Å². The number of hydrogen-bond donors (Lipinski definition) is 1. The third kappa shape index (κ3) is 5.49. The van der Waals surface area contributed by atoms with Crippen molar-refractivity contribution >= 4 is 17.3 Å². The summed E-state index contributed by atoms with van der Waals surface area (Å²) in [6, 6.07) is 18.4. The van der Waals surface area contributed by atoms with Crippen molar-refractivity contribution in [2.24, 2.45) is 4.40 Å². The van der Waals surface area contributed by atoms with E-state index in [1.807, 2.05) is 31.2 Å². The Kier molecular flexibility index (Phi) is 7.74. The minimum absolute atomic E-state index is 0.0180. The summed E-state index contributed by atoms with van der Waals surface area (Å²) in [4.78, 5) is 0. The average molecular weight is 520 g/mol. The smallest absolute Gasteiger partial charge is 0.240 e. The third-order valence-electron chi connectivity index (χ3n) is 7.03. The second-order valence-corrected chi connectivity index (χ2v) is 10.8. The summed E-state index contributed by atoms with van der Waals surface area (Å²) < 4.78 is 33.6. The van der Waals surface area contributed by atoms with E-state index < -0.39 is 11.4 Å². The molecule has 0 radical (unpaired) electrons. The molecule has 194 valence electrons. The Labute approximate surface area is 221 Å². The first-order valence-electron chi connectivity index (χ1n) is 12.8. The van der Waals surface area contributed by atoms with Gasteiger partial charge < -0.3 is 23.9 Å². The van der Waals surface area contributed by atoms with Crippen molar-refractivity contribution < 1.29 is 23.9 Å². The van der Waals surface area contributed by atoms with Crippen LogP contribution in [0.25, 0.3) is 11.1 Å². The Morgan fingerprint density at radius 3 is 2.46 bits per heavy atom. The molecule has 2 aliphatic rings. The maximum Gasteiger partial charge on any atom is 0.240 e. The highest BCUT2D eigenvalue weighted by Gasteiger charge is 2.34. The van der Waals surface area contributed by atoms with E-state index in [-0.39, 0.29) is 17.3 Å². The average Bonchev–Trinajstić information content (AvgIpc) is 3.44. The van der Waals surface area contributed by atoms with Crippen molar-refractivity contribution in [3.63, 3.8) is 0 Å². The van der Waals surface area contributed by atoms with Crippen LogP contribution < -0.4 is 9.47 Å². The number of ether oxygens (including phenoxy) is 3.